The first-order chi connectivity index (χ1) is 7.24. The van der Waals surface area contributed by atoms with E-state index in [0.29, 0.717) is 5.56 Å². The molecule has 0 atom stereocenters. The van der Waals surface area contributed by atoms with Gasteiger partial charge in [0.05, 0.1) is 11.4 Å². The van der Waals surface area contributed by atoms with E-state index in [1.54, 1.807) is 19.9 Å². The lowest BCUT2D eigenvalue weighted by molar-refractivity contribution is -0.138. The fraction of sp³-hybridized carbons (Fsp3) is 0.417. The standard InChI is InChI=1S/C12H15ClO3/c1-7-4-8(11(13)9(14)5-7)12(2,3)6-10(15)16/h4-5,14H,6H2,1-3H3,(H,15,16). The minimum atomic E-state index is -0.887. The van der Waals surface area contributed by atoms with Crippen molar-refractivity contribution in [3.05, 3.63) is 28.3 Å². The Balaban J connectivity index is 3.26. The summed E-state index contributed by atoms with van der Waals surface area (Å²) >= 11 is 5.99. The second-order valence-corrected chi connectivity index (χ2v) is 4.98. The maximum atomic E-state index is 10.8. The lowest BCUT2D eigenvalue weighted by Gasteiger charge is -2.25. The molecule has 0 aliphatic heterocycles. The fourth-order valence-corrected chi connectivity index (χ4v) is 2.08. The van der Waals surface area contributed by atoms with E-state index in [1.807, 2.05) is 13.0 Å². The van der Waals surface area contributed by atoms with Gasteiger partial charge < -0.3 is 10.2 Å². The number of phenols is 1. The highest BCUT2D eigenvalue weighted by atomic mass is 35.5. The van der Waals surface area contributed by atoms with Gasteiger partial charge in [-0.2, -0.15) is 0 Å². The number of carbonyl (C=O) groups is 1. The lowest BCUT2D eigenvalue weighted by Crippen LogP contribution is -2.22. The van der Waals surface area contributed by atoms with Gasteiger partial charge in [-0.25, -0.2) is 0 Å². The van der Waals surface area contributed by atoms with Crippen LogP contribution in [0.3, 0.4) is 0 Å². The molecular weight excluding hydrogens is 228 g/mol. The van der Waals surface area contributed by atoms with Gasteiger partial charge in [0.25, 0.3) is 0 Å². The number of aryl methyl sites for hydroxylation is 1. The third kappa shape index (κ3) is 2.67. The molecule has 88 valence electrons. The second-order valence-electron chi connectivity index (χ2n) is 4.60. The summed E-state index contributed by atoms with van der Waals surface area (Å²) < 4.78 is 0. The molecule has 0 amide bonds. The van der Waals surface area contributed by atoms with Crippen LogP contribution in [0.2, 0.25) is 5.02 Å². The summed E-state index contributed by atoms with van der Waals surface area (Å²) in [6.07, 6.45) is -0.0321. The van der Waals surface area contributed by atoms with Crippen LogP contribution in [0, 0.1) is 6.92 Å². The SMILES string of the molecule is Cc1cc(O)c(Cl)c(C(C)(C)CC(=O)O)c1. The predicted molar refractivity (Wildman–Crippen MR) is 63.1 cm³/mol. The van der Waals surface area contributed by atoms with Crippen LogP contribution in [0.5, 0.6) is 5.75 Å². The lowest BCUT2D eigenvalue weighted by atomic mass is 9.81. The maximum absolute atomic E-state index is 10.8. The van der Waals surface area contributed by atoms with E-state index in [2.05, 4.69) is 0 Å². The Hall–Kier alpha value is -1.22. The van der Waals surface area contributed by atoms with Crippen LogP contribution in [-0.4, -0.2) is 16.2 Å². The van der Waals surface area contributed by atoms with Gasteiger partial charge in [0.15, 0.2) is 0 Å². The quantitative estimate of drug-likeness (QED) is 0.856. The zero-order valence-corrected chi connectivity index (χ0v) is 10.3. The third-order valence-corrected chi connectivity index (χ3v) is 2.92. The van der Waals surface area contributed by atoms with Crippen LogP contribution in [-0.2, 0) is 10.2 Å². The molecule has 0 radical (unpaired) electrons. The van der Waals surface area contributed by atoms with Crippen molar-refractivity contribution < 1.29 is 15.0 Å². The summed E-state index contributed by atoms with van der Waals surface area (Å²) in [5.74, 6) is -0.891. The Bertz CT molecular complexity index is 425. The monoisotopic (exact) mass is 242 g/mol. The van der Waals surface area contributed by atoms with Gasteiger partial charge in [0.1, 0.15) is 5.75 Å². The molecule has 0 aliphatic rings. The Labute approximate surface area is 99.7 Å². The number of rotatable bonds is 3. The average Bonchev–Trinajstić information content (AvgIpc) is 2.08. The summed E-state index contributed by atoms with van der Waals surface area (Å²) in [7, 11) is 0. The Morgan fingerprint density at radius 3 is 2.50 bits per heavy atom. The fourth-order valence-electron chi connectivity index (χ4n) is 1.72. The highest BCUT2D eigenvalue weighted by Gasteiger charge is 2.27. The van der Waals surface area contributed by atoms with Gasteiger partial charge in [-0.1, -0.05) is 31.5 Å². The maximum Gasteiger partial charge on any atom is 0.304 e. The zero-order valence-electron chi connectivity index (χ0n) is 9.54. The molecule has 3 nitrogen and oxygen atoms in total. The molecule has 1 aromatic carbocycles. The van der Waals surface area contributed by atoms with Gasteiger partial charge in [-0.05, 0) is 24.1 Å². The summed E-state index contributed by atoms with van der Waals surface area (Å²) in [4.78, 5) is 10.8. The Kier molecular flexibility index (Phi) is 3.48. The van der Waals surface area contributed by atoms with Crippen molar-refractivity contribution in [1.82, 2.24) is 0 Å². The second kappa shape index (κ2) is 4.34. The van der Waals surface area contributed by atoms with Crippen molar-refractivity contribution in [3.8, 4) is 5.75 Å². The Morgan fingerprint density at radius 1 is 1.44 bits per heavy atom. The number of carboxylic acid groups (broad SMARTS) is 1. The van der Waals surface area contributed by atoms with Crippen LogP contribution in [0.1, 0.15) is 31.4 Å². The van der Waals surface area contributed by atoms with E-state index in [1.165, 1.54) is 0 Å². The molecule has 0 spiro atoms. The molecule has 2 N–H and O–H groups in total. The summed E-state index contributed by atoms with van der Waals surface area (Å²) in [6.45, 7) is 5.42. The van der Waals surface area contributed by atoms with Gasteiger partial charge in [0, 0.05) is 5.41 Å². The average molecular weight is 243 g/mol. The topological polar surface area (TPSA) is 57.5 Å². The molecule has 1 rings (SSSR count). The molecule has 0 heterocycles. The summed E-state index contributed by atoms with van der Waals surface area (Å²) in [5, 5.41) is 18.7. The van der Waals surface area contributed by atoms with Crippen LogP contribution < -0.4 is 0 Å². The van der Waals surface area contributed by atoms with Gasteiger partial charge in [-0.3, -0.25) is 4.79 Å². The van der Waals surface area contributed by atoms with E-state index in [0.717, 1.165) is 5.56 Å². The molecular formula is C12H15ClO3. The van der Waals surface area contributed by atoms with Gasteiger partial charge in [-0.15, -0.1) is 0 Å². The van der Waals surface area contributed by atoms with E-state index in [9.17, 15) is 9.90 Å². The molecule has 0 saturated carbocycles. The summed E-state index contributed by atoms with van der Waals surface area (Å²) in [6, 6.07) is 3.37. The molecule has 0 unspecified atom stereocenters. The first-order valence-corrected chi connectivity index (χ1v) is 5.33. The van der Waals surface area contributed by atoms with E-state index < -0.39 is 11.4 Å². The largest absolute Gasteiger partial charge is 0.506 e. The highest BCUT2D eigenvalue weighted by Crippen LogP contribution is 2.38. The number of benzene rings is 1. The number of hydrogen-bond donors (Lipinski definition) is 2. The molecule has 0 aromatic heterocycles. The number of phenolic OH excluding ortho intramolecular Hbond substituents is 1. The van der Waals surface area contributed by atoms with Crippen molar-refractivity contribution in [2.24, 2.45) is 0 Å². The van der Waals surface area contributed by atoms with Crippen LogP contribution in [0.4, 0.5) is 0 Å². The molecule has 0 fully saturated rings. The number of halogens is 1. The van der Waals surface area contributed by atoms with Crippen molar-refractivity contribution >= 4 is 17.6 Å². The smallest absolute Gasteiger partial charge is 0.304 e. The molecule has 1 aromatic rings. The number of aromatic hydroxyl groups is 1. The van der Waals surface area contributed by atoms with E-state index in [4.69, 9.17) is 16.7 Å². The number of aliphatic carboxylic acids is 1. The van der Waals surface area contributed by atoms with Crippen LogP contribution in [0.15, 0.2) is 12.1 Å². The van der Waals surface area contributed by atoms with Crippen LogP contribution in [0.25, 0.3) is 0 Å². The van der Waals surface area contributed by atoms with E-state index >= 15 is 0 Å². The van der Waals surface area contributed by atoms with Crippen molar-refractivity contribution in [3.63, 3.8) is 0 Å². The first-order valence-electron chi connectivity index (χ1n) is 4.95. The third-order valence-electron chi connectivity index (χ3n) is 2.52. The molecule has 16 heavy (non-hydrogen) atoms. The normalized spacial score (nSPS) is 11.5. The number of hydrogen-bond acceptors (Lipinski definition) is 2. The van der Waals surface area contributed by atoms with Crippen molar-refractivity contribution in [2.75, 3.05) is 0 Å². The molecule has 4 heteroatoms. The van der Waals surface area contributed by atoms with E-state index in [-0.39, 0.29) is 17.2 Å². The zero-order chi connectivity index (χ0) is 12.5. The number of carboxylic acids is 1. The van der Waals surface area contributed by atoms with Crippen LogP contribution >= 0.6 is 11.6 Å². The molecule has 0 aliphatic carbocycles. The minimum Gasteiger partial charge on any atom is -0.506 e. The first kappa shape index (κ1) is 12.8. The highest BCUT2D eigenvalue weighted by molar-refractivity contribution is 6.33. The molecule has 0 saturated heterocycles. The van der Waals surface area contributed by atoms with Crippen molar-refractivity contribution in [1.29, 1.82) is 0 Å². The Morgan fingerprint density at radius 2 is 2.00 bits per heavy atom. The van der Waals surface area contributed by atoms with Crippen molar-refractivity contribution in [2.45, 2.75) is 32.6 Å². The molecule has 0 bridgehead atoms. The van der Waals surface area contributed by atoms with Gasteiger partial charge >= 0.3 is 5.97 Å². The summed E-state index contributed by atoms with van der Waals surface area (Å²) in [5.41, 5.74) is 0.913. The van der Waals surface area contributed by atoms with Gasteiger partial charge in [0.2, 0.25) is 0 Å². The minimum absolute atomic E-state index is 0.00451. The predicted octanol–water partition coefficient (Wildman–Crippen LogP) is 3.11.